The molecule has 2 heterocycles. The first kappa shape index (κ1) is 16.5. The van der Waals surface area contributed by atoms with Crippen LogP contribution in [0.15, 0.2) is 52.9 Å². The van der Waals surface area contributed by atoms with Crippen molar-refractivity contribution in [2.24, 2.45) is 0 Å². The molecule has 132 valence electrons. The number of carbonyl (C=O) groups is 1. The summed E-state index contributed by atoms with van der Waals surface area (Å²) in [6.07, 6.45) is 0.264. The zero-order valence-corrected chi connectivity index (χ0v) is 14.8. The number of hydrogen-bond donors (Lipinski definition) is 1. The number of oxazole rings is 1. The molecule has 0 unspecified atom stereocenters. The Labute approximate surface area is 152 Å². The lowest BCUT2D eigenvalue weighted by Gasteiger charge is -2.25. The molecule has 1 atom stereocenters. The second-order valence-corrected chi connectivity index (χ2v) is 6.43. The van der Waals surface area contributed by atoms with Gasteiger partial charge in [-0.15, -0.1) is 0 Å². The Morgan fingerprint density at radius 3 is 2.62 bits per heavy atom. The highest BCUT2D eigenvalue weighted by molar-refractivity contribution is 5.95. The van der Waals surface area contributed by atoms with Crippen LogP contribution in [0.4, 0.5) is 5.69 Å². The molecule has 0 saturated carbocycles. The minimum atomic E-state index is -0.573. The monoisotopic (exact) mass is 348 g/mol. The van der Waals surface area contributed by atoms with E-state index in [1.165, 1.54) is 5.56 Å². The summed E-state index contributed by atoms with van der Waals surface area (Å²) in [6, 6.07) is 15.4. The number of carbonyl (C=O) groups excluding carboxylic acids is 1. The van der Waals surface area contributed by atoms with Crippen molar-refractivity contribution in [3.8, 4) is 11.5 Å². The van der Waals surface area contributed by atoms with E-state index in [1.54, 1.807) is 0 Å². The summed E-state index contributed by atoms with van der Waals surface area (Å²) in [6.45, 7) is 4.36. The number of aryl methyl sites for hydroxylation is 2. The first-order valence-electron chi connectivity index (χ1n) is 8.66. The second kappa shape index (κ2) is 6.77. The minimum Gasteiger partial charge on any atom is -0.441 e. The van der Waals surface area contributed by atoms with Crippen LogP contribution in [-0.4, -0.2) is 17.5 Å². The summed E-state index contributed by atoms with van der Waals surface area (Å²) >= 11 is 0. The van der Waals surface area contributed by atoms with E-state index < -0.39 is 6.10 Å². The minimum absolute atomic E-state index is 0.160. The maximum absolute atomic E-state index is 12.7. The first-order valence-corrected chi connectivity index (χ1v) is 8.66. The van der Waals surface area contributed by atoms with Gasteiger partial charge in [-0.2, -0.15) is 0 Å². The zero-order valence-electron chi connectivity index (χ0n) is 14.8. The lowest BCUT2D eigenvalue weighted by molar-refractivity contribution is -0.128. The number of anilines is 1. The van der Waals surface area contributed by atoms with E-state index in [0.29, 0.717) is 18.2 Å². The lowest BCUT2D eigenvalue weighted by atomic mass is 9.97. The number of rotatable bonds is 3. The molecule has 0 bridgehead atoms. The van der Waals surface area contributed by atoms with Gasteiger partial charge in [0.2, 0.25) is 5.89 Å². The van der Waals surface area contributed by atoms with Gasteiger partial charge in [-0.25, -0.2) is 4.98 Å². The van der Waals surface area contributed by atoms with Crippen molar-refractivity contribution in [1.82, 2.24) is 4.98 Å². The summed E-state index contributed by atoms with van der Waals surface area (Å²) in [7, 11) is 0. The third kappa shape index (κ3) is 3.13. The molecule has 0 aliphatic carbocycles. The number of fused-ring (bicyclic) bond motifs is 1. The van der Waals surface area contributed by atoms with Crippen LogP contribution in [-0.2, 0) is 16.0 Å². The standard InChI is InChI=1S/C21H20N2O3/c1-13-14(2)26-21(22-13)16-7-9-17(10-8-16)23-20(24)19-18-6-4-3-5-15(18)11-12-25-19/h3-10,19H,11-12H2,1-2H3,(H,23,24)/t19-/m1/s1. The number of ether oxygens (including phenoxy) is 1. The van der Waals surface area contributed by atoms with E-state index in [4.69, 9.17) is 9.15 Å². The molecule has 2 aromatic carbocycles. The van der Waals surface area contributed by atoms with Crippen molar-refractivity contribution in [3.05, 3.63) is 71.1 Å². The number of aromatic nitrogens is 1. The summed E-state index contributed by atoms with van der Waals surface area (Å²) in [5.74, 6) is 1.24. The van der Waals surface area contributed by atoms with Crippen LogP contribution in [0, 0.1) is 13.8 Å². The number of nitrogens with one attached hydrogen (secondary N) is 1. The van der Waals surface area contributed by atoms with Gasteiger partial charge in [-0.3, -0.25) is 4.79 Å². The number of hydrogen-bond acceptors (Lipinski definition) is 4. The van der Waals surface area contributed by atoms with Crippen LogP contribution < -0.4 is 5.32 Å². The summed E-state index contributed by atoms with van der Waals surface area (Å²) in [4.78, 5) is 17.1. The molecule has 1 aliphatic rings. The van der Waals surface area contributed by atoms with Crippen LogP contribution in [0.25, 0.3) is 11.5 Å². The average molecular weight is 348 g/mol. The van der Waals surface area contributed by atoms with Crippen molar-refractivity contribution < 1.29 is 13.9 Å². The fraction of sp³-hybridized carbons (Fsp3) is 0.238. The number of benzene rings is 2. The van der Waals surface area contributed by atoms with Gasteiger partial charge in [0.25, 0.3) is 5.91 Å². The Morgan fingerprint density at radius 2 is 1.88 bits per heavy atom. The Kier molecular flexibility index (Phi) is 4.31. The summed E-state index contributed by atoms with van der Waals surface area (Å²) < 4.78 is 11.3. The van der Waals surface area contributed by atoms with Gasteiger partial charge in [-0.05, 0) is 55.7 Å². The Bertz CT molecular complexity index is 925. The molecule has 0 spiro atoms. The molecule has 5 heteroatoms. The van der Waals surface area contributed by atoms with Gasteiger partial charge in [0, 0.05) is 11.3 Å². The predicted octanol–water partition coefficient (Wildman–Crippen LogP) is 4.21. The van der Waals surface area contributed by atoms with Crippen LogP contribution >= 0.6 is 0 Å². The summed E-state index contributed by atoms with van der Waals surface area (Å²) in [5, 5.41) is 2.93. The fourth-order valence-corrected chi connectivity index (χ4v) is 3.11. The molecule has 1 aromatic heterocycles. The number of amides is 1. The molecule has 26 heavy (non-hydrogen) atoms. The highest BCUT2D eigenvalue weighted by atomic mass is 16.5. The first-order chi connectivity index (χ1) is 12.6. The SMILES string of the molecule is Cc1nc(-c2ccc(NC(=O)[C@@H]3OCCc4ccccc43)cc2)oc1C. The smallest absolute Gasteiger partial charge is 0.258 e. The molecule has 5 nitrogen and oxygen atoms in total. The Morgan fingerprint density at radius 1 is 1.12 bits per heavy atom. The van der Waals surface area contributed by atoms with Crippen LogP contribution in [0.2, 0.25) is 0 Å². The zero-order chi connectivity index (χ0) is 18.1. The predicted molar refractivity (Wildman–Crippen MR) is 98.9 cm³/mol. The molecular weight excluding hydrogens is 328 g/mol. The molecule has 0 fully saturated rings. The third-order valence-corrected chi connectivity index (χ3v) is 4.66. The molecule has 0 radical (unpaired) electrons. The molecule has 1 N–H and O–H groups in total. The van der Waals surface area contributed by atoms with Gasteiger partial charge < -0.3 is 14.5 Å². The lowest BCUT2D eigenvalue weighted by Crippen LogP contribution is -2.28. The molecular formula is C21H20N2O3. The molecule has 4 rings (SSSR count). The maximum atomic E-state index is 12.7. The topological polar surface area (TPSA) is 64.4 Å². The maximum Gasteiger partial charge on any atom is 0.258 e. The van der Waals surface area contributed by atoms with Gasteiger partial charge in [0.1, 0.15) is 5.76 Å². The Balaban J connectivity index is 1.50. The van der Waals surface area contributed by atoms with E-state index in [0.717, 1.165) is 29.0 Å². The van der Waals surface area contributed by atoms with Crippen molar-refractivity contribution in [2.45, 2.75) is 26.4 Å². The molecule has 1 aliphatic heterocycles. The van der Waals surface area contributed by atoms with Crippen molar-refractivity contribution >= 4 is 11.6 Å². The highest BCUT2D eigenvalue weighted by Gasteiger charge is 2.27. The van der Waals surface area contributed by atoms with E-state index in [9.17, 15) is 4.79 Å². The second-order valence-electron chi connectivity index (χ2n) is 6.43. The van der Waals surface area contributed by atoms with Gasteiger partial charge in [0.05, 0.1) is 12.3 Å². The van der Waals surface area contributed by atoms with Crippen LogP contribution in [0.1, 0.15) is 28.7 Å². The molecule has 0 saturated heterocycles. The van der Waals surface area contributed by atoms with E-state index in [1.807, 2.05) is 62.4 Å². The van der Waals surface area contributed by atoms with E-state index >= 15 is 0 Å². The highest BCUT2D eigenvalue weighted by Crippen LogP contribution is 2.29. The van der Waals surface area contributed by atoms with E-state index in [-0.39, 0.29) is 5.91 Å². The van der Waals surface area contributed by atoms with Crippen molar-refractivity contribution in [3.63, 3.8) is 0 Å². The normalized spacial score (nSPS) is 16.2. The number of nitrogens with zero attached hydrogens (tertiary/aromatic N) is 1. The molecule has 1 amide bonds. The van der Waals surface area contributed by atoms with Gasteiger partial charge in [0.15, 0.2) is 6.10 Å². The summed E-state index contributed by atoms with van der Waals surface area (Å²) in [5.41, 5.74) is 4.58. The molecule has 3 aromatic rings. The van der Waals surface area contributed by atoms with Crippen LogP contribution in [0.3, 0.4) is 0 Å². The van der Waals surface area contributed by atoms with E-state index in [2.05, 4.69) is 10.3 Å². The third-order valence-electron chi connectivity index (χ3n) is 4.66. The van der Waals surface area contributed by atoms with Crippen molar-refractivity contribution in [2.75, 3.05) is 11.9 Å². The Hall–Kier alpha value is -2.92. The van der Waals surface area contributed by atoms with Gasteiger partial charge in [-0.1, -0.05) is 24.3 Å². The van der Waals surface area contributed by atoms with Gasteiger partial charge >= 0.3 is 0 Å². The van der Waals surface area contributed by atoms with Crippen molar-refractivity contribution in [1.29, 1.82) is 0 Å². The average Bonchev–Trinajstić information content (AvgIpc) is 3.00. The quantitative estimate of drug-likeness (QED) is 0.770. The fourth-order valence-electron chi connectivity index (χ4n) is 3.11. The van der Waals surface area contributed by atoms with Crippen LogP contribution in [0.5, 0.6) is 0 Å². The largest absolute Gasteiger partial charge is 0.441 e.